The number of nitrogens with zero attached hydrogens (tertiary/aromatic N) is 3. The number of hydrogen-bond donors (Lipinski definition) is 0. The number of azide groups is 1. The van der Waals surface area contributed by atoms with Crippen LogP contribution < -0.4 is 4.74 Å². The Hall–Kier alpha value is -1.45. The molecular weight excluding hydrogens is 258 g/mol. The monoisotopic (exact) mass is 267 g/mol. The highest BCUT2D eigenvalue weighted by atomic mass is 79.9. The smallest absolute Gasteiger partial charge is 0.119 e. The van der Waals surface area contributed by atoms with E-state index in [1.807, 2.05) is 24.3 Å². The van der Waals surface area contributed by atoms with Crippen molar-refractivity contribution in [1.82, 2.24) is 0 Å². The maximum absolute atomic E-state index is 8.10. The van der Waals surface area contributed by atoms with Crippen molar-refractivity contribution >= 4 is 22.0 Å². The van der Waals surface area contributed by atoms with Gasteiger partial charge in [-0.3, -0.25) is 0 Å². The molecule has 0 amide bonds. The minimum atomic E-state index is 0.347. The van der Waals surface area contributed by atoms with Gasteiger partial charge in [0, 0.05) is 15.9 Å². The van der Waals surface area contributed by atoms with Crippen LogP contribution in [0.3, 0.4) is 0 Å². The fraction of sp³-hybridized carbons (Fsp3) is 0.200. The fourth-order valence-electron chi connectivity index (χ4n) is 1.04. The average Bonchev–Trinajstić information content (AvgIpc) is 2.26. The van der Waals surface area contributed by atoms with Crippen LogP contribution in [0.25, 0.3) is 16.5 Å². The van der Waals surface area contributed by atoms with Gasteiger partial charge in [-0.2, -0.15) is 0 Å². The molecule has 0 saturated heterocycles. The summed E-state index contributed by atoms with van der Waals surface area (Å²) in [7, 11) is 1.62. The maximum Gasteiger partial charge on any atom is 0.119 e. The van der Waals surface area contributed by atoms with E-state index in [-0.39, 0.29) is 0 Å². The van der Waals surface area contributed by atoms with Gasteiger partial charge in [-0.05, 0) is 29.3 Å². The highest BCUT2D eigenvalue weighted by Gasteiger charge is 1.97. The molecule has 78 valence electrons. The zero-order chi connectivity index (χ0) is 11.1. The van der Waals surface area contributed by atoms with E-state index >= 15 is 0 Å². The van der Waals surface area contributed by atoms with Crippen LogP contribution in [-0.4, -0.2) is 13.7 Å². The second kappa shape index (κ2) is 6.11. The Labute approximate surface area is 96.3 Å². The molecule has 0 bridgehead atoms. The molecule has 0 saturated carbocycles. The fourth-order valence-corrected chi connectivity index (χ4v) is 1.42. The summed E-state index contributed by atoms with van der Waals surface area (Å²) in [5, 5.41) is 3.41. The van der Waals surface area contributed by atoms with E-state index in [4.69, 9.17) is 10.3 Å². The molecular formula is C10H10BrN3O. The molecule has 0 atom stereocenters. The largest absolute Gasteiger partial charge is 0.497 e. The molecule has 0 unspecified atom stereocenters. The molecule has 0 N–H and O–H groups in total. The SMILES string of the molecule is COc1ccc(Br)c(C=CCN=[N+]=[N-])c1. The van der Waals surface area contributed by atoms with Crippen molar-refractivity contribution in [3.05, 3.63) is 44.8 Å². The van der Waals surface area contributed by atoms with Crippen molar-refractivity contribution in [3.63, 3.8) is 0 Å². The van der Waals surface area contributed by atoms with E-state index in [0.717, 1.165) is 15.8 Å². The summed E-state index contributed by atoms with van der Waals surface area (Å²) in [6, 6.07) is 5.68. The van der Waals surface area contributed by atoms with Crippen molar-refractivity contribution < 1.29 is 4.74 Å². The highest BCUT2D eigenvalue weighted by Crippen LogP contribution is 2.23. The number of ether oxygens (including phenoxy) is 1. The van der Waals surface area contributed by atoms with Crippen LogP contribution in [-0.2, 0) is 0 Å². The molecule has 0 aliphatic carbocycles. The number of methoxy groups -OCH3 is 1. The van der Waals surface area contributed by atoms with Gasteiger partial charge in [0.1, 0.15) is 5.75 Å². The normalized spacial score (nSPS) is 10.0. The number of hydrogen-bond acceptors (Lipinski definition) is 2. The predicted molar refractivity (Wildman–Crippen MR) is 63.7 cm³/mol. The number of benzene rings is 1. The molecule has 0 heterocycles. The van der Waals surface area contributed by atoms with E-state index in [1.165, 1.54) is 0 Å². The lowest BCUT2D eigenvalue weighted by Crippen LogP contribution is -1.84. The Morgan fingerprint density at radius 1 is 1.60 bits per heavy atom. The van der Waals surface area contributed by atoms with Gasteiger partial charge in [-0.15, -0.1) is 0 Å². The van der Waals surface area contributed by atoms with E-state index in [2.05, 4.69) is 26.0 Å². The lowest BCUT2D eigenvalue weighted by Gasteiger charge is -2.02. The van der Waals surface area contributed by atoms with Gasteiger partial charge in [0.2, 0.25) is 0 Å². The molecule has 0 radical (unpaired) electrons. The van der Waals surface area contributed by atoms with Gasteiger partial charge in [0.25, 0.3) is 0 Å². The number of halogens is 1. The van der Waals surface area contributed by atoms with Crippen LogP contribution in [0, 0.1) is 0 Å². The van der Waals surface area contributed by atoms with Crippen LogP contribution in [0.5, 0.6) is 5.75 Å². The first-order valence-electron chi connectivity index (χ1n) is 4.29. The minimum Gasteiger partial charge on any atom is -0.497 e. The quantitative estimate of drug-likeness (QED) is 0.465. The van der Waals surface area contributed by atoms with Gasteiger partial charge in [-0.25, -0.2) is 0 Å². The molecule has 1 aromatic rings. The lowest BCUT2D eigenvalue weighted by molar-refractivity contribution is 0.414. The highest BCUT2D eigenvalue weighted by molar-refractivity contribution is 9.10. The van der Waals surface area contributed by atoms with Crippen LogP contribution in [0.1, 0.15) is 5.56 Å². The molecule has 0 spiro atoms. The summed E-state index contributed by atoms with van der Waals surface area (Å²) in [4.78, 5) is 2.66. The lowest BCUT2D eigenvalue weighted by atomic mass is 10.2. The standard InChI is InChI=1S/C10H10BrN3O/c1-15-9-4-5-10(11)8(7-9)3-2-6-13-14-12/h2-5,7H,6H2,1H3. The molecule has 15 heavy (non-hydrogen) atoms. The first-order chi connectivity index (χ1) is 7.27. The maximum atomic E-state index is 8.10. The first-order valence-corrected chi connectivity index (χ1v) is 5.08. The van der Waals surface area contributed by atoms with Crippen molar-refractivity contribution in [2.45, 2.75) is 0 Å². The molecule has 1 rings (SSSR count). The topological polar surface area (TPSA) is 58.0 Å². The van der Waals surface area contributed by atoms with Crippen molar-refractivity contribution in [2.24, 2.45) is 5.11 Å². The van der Waals surface area contributed by atoms with Gasteiger partial charge in [-0.1, -0.05) is 33.2 Å². The summed E-state index contributed by atoms with van der Waals surface area (Å²) >= 11 is 3.42. The van der Waals surface area contributed by atoms with Gasteiger partial charge >= 0.3 is 0 Å². The van der Waals surface area contributed by atoms with Crippen molar-refractivity contribution in [3.8, 4) is 5.75 Å². The Bertz CT molecular complexity index is 411. The summed E-state index contributed by atoms with van der Waals surface area (Å²) in [5.74, 6) is 0.793. The third-order valence-electron chi connectivity index (χ3n) is 1.75. The molecule has 4 nitrogen and oxygen atoms in total. The van der Waals surface area contributed by atoms with E-state index < -0.39 is 0 Å². The summed E-state index contributed by atoms with van der Waals surface area (Å²) in [6.45, 7) is 0.347. The zero-order valence-corrected chi connectivity index (χ0v) is 9.81. The van der Waals surface area contributed by atoms with Gasteiger partial charge in [0.05, 0.1) is 7.11 Å². The Balaban J connectivity index is 2.83. The molecule has 0 aliphatic rings. The molecule has 0 aromatic heterocycles. The van der Waals surface area contributed by atoms with Crippen molar-refractivity contribution in [2.75, 3.05) is 13.7 Å². The van der Waals surface area contributed by atoms with Crippen LogP contribution in [0.15, 0.2) is 33.9 Å². The number of rotatable bonds is 4. The second-order valence-electron chi connectivity index (χ2n) is 2.70. The Morgan fingerprint density at radius 2 is 2.40 bits per heavy atom. The van der Waals surface area contributed by atoms with Crippen molar-refractivity contribution in [1.29, 1.82) is 0 Å². The van der Waals surface area contributed by atoms with Gasteiger partial charge < -0.3 is 4.74 Å². The predicted octanol–water partition coefficient (Wildman–Crippen LogP) is 3.78. The Morgan fingerprint density at radius 3 is 3.07 bits per heavy atom. The summed E-state index contributed by atoms with van der Waals surface area (Å²) < 4.78 is 6.07. The molecule has 0 fully saturated rings. The minimum absolute atomic E-state index is 0.347. The third-order valence-corrected chi connectivity index (χ3v) is 2.47. The molecule has 0 aliphatic heterocycles. The third kappa shape index (κ3) is 3.65. The summed E-state index contributed by atoms with van der Waals surface area (Å²) in [6.07, 6.45) is 3.67. The zero-order valence-electron chi connectivity index (χ0n) is 8.22. The summed E-state index contributed by atoms with van der Waals surface area (Å²) in [5.41, 5.74) is 9.08. The van der Waals surface area contributed by atoms with Crippen LogP contribution in [0.2, 0.25) is 0 Å². The van der Waals surface area contributed by atoms with Crippen LogP contribution >= 0.6 is 15.9 Å². The molecule has 5 heteroatoms. The van der Waals surface area contributed by atoms with E-state index in [1.54, 1.807) is 13.2 Å². The van der Waals surface area contributed by atoms with E-state index in [0.29, 0.717) is 6.54 Å². The Kier molecular flexibility index (Phi) is 4.74. The first kappa shape index (κ1) is 11.6. The van der Waals surface area contributed by atoms with Crippen LogP contribution in [0.4, 0.5) is 0 Å². The average molecular weight is 268 g/mol. The molecule has 1 aromatic carbocycles. The second-order valence-corrected chi connectivity index (χ2v) is 3.56. The van der Waals surface area contributed by atoms with Gasteiger partial charge in [0.15, 0.2) is 0 Å². The van der Waals surface area contributed by atoms with E-state index in [9.17, 15) is 0 Å².